The first-order chi connectivity index (χ1) is 11.6. The summed E-state index contributed by atoms with van der Waals surface area (Å²) in [6.07, 6.45) is 3.94. The van der Waals surface area contributed by atoms with Crippen molar-refractivity contribution in [2.45, 2.75) is 19.7 Å². The van der Waals surface area contributed by atoms with E-state index in [1.54, 1.807) is 13.1 Å². The van der Waals surface area contributed by atoms with E-state index in [0.29, 0.717) is 23.1 Å². The fourth-order valence-corrected chi connectivity index (χ4v) is 2.31. The molecule has 0 aliphatic heterocycles. The summed E-state index contributed by atoms with van der Waals surface area (Å²) in [4.78, 5) is 4.10. The number of aromatic nitrogens is 1. The van der Waals surface area contributed by atoms with Gasteiger partial charge in [-0.1, -0.05) is 11.6 Å². The maximum absolute atomic E-state index is 12.5. The van der Waals surface area contributed by atoms with Crippen molar-refractivity contribution in [2.75, 3.05) is 13.6 Å². The number of rotatable bonds is 7. The van der Waals surface area contributed by atoms with E-state index in [4.69, 9.17) is 11.6 Å². The normalized spacial score (nSPS) is 11.2. The van der Waals surface area contributed by atoms with Crippen LogP contribution >= 0.6 is 35.6 Å². The van der Waals surface area contributed by atoms with Crippen molar-refractivity contribution in [2.24, 2.45) is 4.99 Å². The molecule has 0 spiro atoms. The molecule has 0 aliphatic carbocycles. The lowest BCUT2D eigenvalue weighted by atomic mass is 10.2. The van der Waals surface area contributed by atoms with Crippen molar-refractivity contribution < 1.29 is 13.5 Å². The highest BCUT2D eigenvalue weighted by Crippen LogP contribution is 2.24. The van der Waals surface area contributed by atoms with E-state index >= 15 is 0 Å². The monoisotopic (exact) mass is 484 g/mol. The van der Waals surface area contributed by atoms with Crippen LogP contribution in [-0.2, 0) is 13.1 Å². The molecule has 5 nitrogen and oxygen atoms in total. The largest absolute Gasteiger partial charge is 0.434 e. The van der Waals surface area contributed by atoms with Gasteiger partial charge in [0.1, 0.15) is 5.75 Å². The zero-order valence-corrected chi connectivity index (χ0v) is 16.7. The topological polar surface area (TPSA) is 50.6 Å². The van der Waals surface area contributed by atoms with Gasteiger partial charge in [0.25, 0.3) is 0 Å². The molecule has 0 amide bonds. The summed E-state index contributed by atoms with van der Waals surface area (Å²) < 4.78 is 31.4. The zero-order chi connectivity index (χ0) is 17.4. The quantitative estimate of drug-likeness (QED) is 0.358. The molecule has 1 aromatic heterocycles. The predicted molar refractivity (Wildman–Crippen MR) is 106 cm³/mol. The summed E-state index contributed by atoms with van der Waals surface area (Å²) >= 11 is 5.92. The third-order valence-electron chi connectivity index (χ3n) is 3.24. The fourth-order valence-electron chi connectivity index (χ4n) is 2.12. The second-order valence-electron chi connectivity index (χ2n) is 4.90. The summed E-state index contributed by atoms with van der Waals surface area (Å²) in [6, 6.07) is 8.42. The van der Waals surface area contributed by atoms with E-state index in [-0.39, 0.29) is 36.3 Å². The molecular weight excluding hydrogens is 465 g/mol. The van der Waals surface area contributed by atoms with Gasteiger partial charge < -0.3 is 19.9 Å². The smallest absolute Gasteiger partial charge is 0.387 e. The second-order valence-corrected chi connectivity index (χ2v) is 5.34. The molecular formula is C16H20ClF2IN4O. The molecule has 25 heavy (non-hydrogen) atoms. The van der Waals surface area contributed by atoms with Crippen LogP contribution in [0.15, 0.2) is 47.7 Å². The molecule has 0 radical (unpaired) electrons. The molecule has 0 atom stereocenters. The highest BCUT2D eigenvalue weighted by Gasteiger charge is 2.10. The highest BCUT2D eigenvalue weighted by atomic mass is 127. The van der Waals surface area contributed by atoms with Crippen LogP contribution < -0.4 is 15.4 Å². The van der Waals surface area contributed by atoms with Gasteiger partial charge in [-0.2, -0.15) is 8.78 Å². The predicted octanol–water partition coefficient (Wildman–Crippen LogP) is 3.73. The standard InChI is InChI=1S/C16H19ClF2N4O.HI/c1-20-16(21-6-9-23-7-2-3-8-23)22-11-12-10-13(17)4-5-14(12)24-15(18)19;/h2-5,7-8,10,15H,6,9,11H2,1H3,(H2,20,21,22);1H. The Kier molecular flexibility index (Phi) is 9.58. The Bertz CT molecular complexity index is 668. The van der Waals surface area contributed by atoms with Crippen molar-refractivity contribution in [3.63, 3.8) is 0 Å². The third kappa shape index (κ3) is 7.47. The lowest BCUT2D eigenvalue weighted by molar-refractivity contribution is -0.0504. The highest BCUT2D eigenvalue weighted by molar-refractivity contribution is 14.0. The average molecular weight is 485 g/mol. The summed E-state index contributed by atoms with van der Waals surface area (Å²) in [7, 11) is 1.64. The van der Waals surface area contributed by atoms with Crippen LogP contribution in [0.5, 0.6) is 5.75 Å². The lowest BCUT2D eigenvalue weighted by Gasteiger charge is -2.15. The first kappa shape index (κ1) is 21.5. The number of nitrogens with zero attached hydrogens (tertiary/aromatic N) is 2. The van der Waals surface area contributed by atoms with Gasteiger partial charge in [-0.05, 0) is 30.3 Å². The van der Waals surface area contributed by atoms with E-state index in [0.717, 1.165) is 6.54 Å². The Hall–Kier alpha value is -1.55. The number of benzene rings is 1. The summed E-state index contributed by atoms with van der Waals surface area (Å²) in [5.41, 5.74) is 0.524. The van der Waals surface area contributed by atoms with Crippen LogP contribution in [0.3, 0.4) is 0 Å². The van der Waals surface area contributed by atoms with Crippen LogP contribution in [0.2, 0.25) is 5.02 Å². The number of nitrogens with one attached hydrogen (secondary N) is 2. The fraction of sp³-hybridized carbons (Fsp3) is 0.312. The Morgan fingerprint density at radius 2 is 2.00 bits per heavy atom. The van der Waals surface area contributed by atoms with Gasteiger partial charge in [-0.15, -0.1) is 24.0 Å². The number of alkyl halides is 2. The van der Waals surface area contributed by atoms with Gasteiger partial charge in [-0.25, -0.2) is 0 Å². The minimum atomic E-state index is -2.89. The third-order valence-corrected chi connectivity index (χ3v) is 3.47. The Labute approximate surface area is 167 Å². The molecule has 2 rings (SSSR count). The molecule has 0 saturated heterocycles. The number of hydrogen-bond donors (Lipinski definition) is 2. The molecule has 0 bridgehead atoms. The van der Waals surface area contributed by atoms with Crippen LogP contribution in [0.1, 0.15) is 5.56 Å². The van der Waals surface area contributed by atoms with E-state index in [2.05, 4.69) is 20.4 Å². The van der Waals surface area contributed by atoms with Gasteiger partial charge in [0.15, 0.2) is 5.96 Å². The molecule has 0 unspecified atom stereocenters. The minimum Gasteiger partial charge on any atom is -0.434 e. The van der Waals surface area contributed by atoms with Crippen LogP contribution in [-0.4, -0.2) is 30.7 Å². The van der Waals surface area contributed by atoms with Crippen molar-refractivity contribution in [1.82, 2.24) is 15.2 Å². The maximum Gasteiger partial charge on any atom is 0.387 e. The van der Waals surface area contributed by atoms with Crippen molar-refractivity contribution in [1.29, 1.82) is 0 Å². The van der Waals surface area contributed by atoms with E-state index in [1.165, 1.54) is 12.1 Å². The molecule has 138 valence electrons. The van der Waals surface area contributed by atoms with Gasteiger partial charge in [0.05, 0.1) is 0 Å². The molecule has 1 aromatic carbocycles. The molecule has 0 aliphatic rings. The van der Waals surface area contributed by atoms with Crippen molar-refractivity contribution >= 4 is 41.5 Å². The molecule has 0 saturated carbocycles. The average Bonchev–Trinajstić information content (AvgIpc) is 3.06. The van der Waals surface area contributed by atoms with Crippen LogP contribution in [0, 0.1) is 0 Å². The first-order valence-corrected chi connectivity index (χ1v) is 7.75. The van der Waals surface area contributed by atoms with Gasteiger partial charge in [0.2, 0.25) is 0 Å². The lowest BCUT2D eigenvalue weighted by Crippen LogP contribution is -2.38. The summed E-state index contributed by atoms with van der Waals surface area (Å²) in [5.74, 6) is 0.648. The van der Waals surface area contributed by atoms with Gasteiger partial charge in [-0.3, -0.25) is 4.99 Å². The SMILES string of the molecule is CN=C(NCCn1cccc1)NCc1cc(Cl)ccc1OC(F)F.I. The summed E-state index contributed by atoms with van der Waals surface area (Å²) in [5, 5.41) is 6.65. The van der Waals surface area contributed by atoms with E-state index in [1.807, 2.05) is 29.1 Å². The van der Waals surface area contributed by atoms with E-state index in [9.17, 15) is 8.78 Å². The Morgan fingerprint density at radius 3 is 2.64 bits per heavy atom. The summed E-state index contributed by atoms with van der Waals surface area (Å²) in [6.45, 7) is -1.18. The molecule has 9 heteroatoms. The zero-order valence-electron chi connectivity index (χ0n) is 13.6. The van der Waals surface area contributed by atoms with E-state index < -0.39 is 6.61 Å². The van der Waals surface area contributed by atoms with Gasteiger partial charge >= 0.3 is 6.61 Å². The number of ether oxygens (including phenoxy) is 1. The number of halogens is 4. The second kappa shape index (κ2) is 11.1. The number of guanidine groups is 1. The molecule has 1 heterocycles. The van der Waals surface area contributed by atoms with Gasteiger partial charge in [0, 0.05) is 49.7 Å². The molecule has 0 fully saturated rings. The molecule has 2 aromatic rings. The maximum atomic E-state index is 12.5. The van der Waals surface area contributed by atoms with Crippen LogP contribution in [0.4, 0.5) is 8.78 Å². The van der Waals surface area contributed by atoms with Crippen molar-refractivity contribution in [3.05, 3.63) is 53.3 Å². The Morgan fingerprint density at radius 1 is 1.28 bits per heavy atom. The number of aliphatic imine (C=N–C) groups is 1. The van der Waals surface area contributed by atoms with Crippen LogP contribution in [0.25, 0.3) is 0 Å². The Balaban J connectivity index is 0.00000312. The molecule has 2 N–H and O–H groups in total. The number of hydrogen-bond acceptors (Lipinski definition) is 2. The van der Waals surface area contributed by atoms with Crippen molar-refractivity contribution in [3.8, 4) is 5.75 Å². The minimum absolute atomic E-state index is 0. The first-order valence-electron chi connectivity index (χ1n) is 7.37.